The van der Waals surface area contributed by atoms with Crippen molar-refractivity contribution in [2.75, 3.05) is 5.73 Å². The van der Waals surface area contributed by atoms with Gasteiger partial charge in [0.15, 0.2) is 5.82 Å². The fraction of sp³-hybridized carbons (Fsp3) is 0.533. The Morgan fingerprint density at radius 1 is 1.30 bits per heavy atom. The molecule has 2 aromatic rings. The van der Waals surface area contributed by atoms with Gasteiger partial charge in [0.25, 0.3) is 0 Å². The van der Waals surface area contributed by atoms with Gasteiger partial charge in [-0.3, -0.25) is 0 Å². The monoisotopic (exact) mass is 271 g/mol. The lowest BCUT2D eigenvalue weighted by atomic mass is 9.89. The molecule has 0 bridgehead atoms. The summed E-state index contributed by atoms with van der Waals surface area (Å²) in [5.41, 5.74) is 9.22. The van der Waals surface area contributed by atoms with Crippen LogP contribution in [0, 0.1) is 12.3 Å². The van der Waals surface area contributed by atoms with Gasteiger partial charge in [0.2, 0.25) is 0 Å². The molecule has 0 saturated heterocycles. The van der Waals surface area contributed by atoms with Crippen LogP contribution in [0.1, 0.15) is 38.2 Å². The number of hydrogen-bond acceptors (Lipinski definition) is 4. The average Bonchev–Trinajstić information content (AvgIpc) is 3.00. The summed E-state index contributed by atoms with van der Waals surface area (Å²) in [4.78, 5) is 0. The molecule has 0 atom stereocenters. The average molecular weight is 271 g/mol. The Kier molecular flexibility index (Phi) is 3.20. The van der Waals surface area contributed by atoms with E-state index in [1.165, 1.54) is 25.7 Å². The molecular weight excluding hydrogens is 250 g/mol. The maximum atomic E-state index is 6.11. The number of anilines is 1. The van der Waals surface area contributed by atoms with E-state index in [9.17, 15) is 0 Å². The van der Waals surface area contributed by atoms with E-state index in [0.29, 0.717) is 5.41 Å². The first-order valence-corrected chi connectivity index (χ1v) is 7.21. The van der Waals surface area contributed by atoms with Crippen molar-refractivity contribution in [3.8, 4) is 11.4 Å². The molecule has 2 N–H and O–H groups in total. The molecule has 0 unspecified atom stereocenters. The van der Waals surface area contributed by atoms with Gasteiger partial charge < -0.3 is 5.73 Å². The topological polar surface area (TPSA) is 69.6 Å². The zero-order valence-electron chi connectivity index (χ0n) is 12.1. The molecule has 1 heterocycles. The van der Waals surface area contributed by atoms with Crippen molar-refractivity contribution >= 4 is 5.69 Å². The number of tetrazole rings is 1. The third kappa shape index (κ3) is 2.28. The Morgan fingerprint density at radius 2 is 2.05 bits per heavy atom. The van der Waals surface area contributed by atoms with E-state index < -0.39 is 0 Å². The second-order valence-electron chi connectivity index (χ2n) is 6.22. The van der Waals surface area contributed by atoms with E-state index in [2.05, 4.69) is 22.4 Å². The van der Waals surface area contributed by atoms with Crippen LogP contribution in [-0.2, 0) is 6.54 Å². The number of benzene rings is 1. The van der Waals surface area contributed by atoms with Crippen LogP contribution in [-0.4, -0.2) is 20.2 Å². The highest BCUT2D eigenvalue weighted by Crippen LogP contribution is 2.39. The number of nitrogen functional groups attached to an aromatic ring is 1. The maximum Gasteiger partial charge on any atom is 0.184 e. The molecule has 20 heavy (non-hydrogen) atoms. The third-order valence-electron chi connectivity index (χ3n) is 4.40. The number of rotatable bonds is 3. The molecule has 106 valence electrons. The van der Waals surface area contributed by atoms with Gasteiger partial charge in [-0.2, -0.15) is 0 Å². The van der Waals surface area contributed by atoms with Crippen LogP contribution < -0.4 is 5.73 Å². The van der Waals surface area contributed by atoms with Crippen LogP contribution in [0.4, 0.5) is 5.69 Å². The predicted molar refractivity (Wildman–Crippen MR) is 79.0 cm³/mol. The Morgan fingerprint density at radius 3 is 2.75 bits per heavy atom. The molecule has 0 aliphatic heterocycles. The number of nitrogens with two attached hydrogens (primary N) is 1. The molecule has 1 aliphatic carbocycles. The minimum absolute atomic E-state index is 0.307. The standard InChI is InChI=1S/C15H21N5/c1-11-6-5-7-12(16)13(11)14-17-18-19-20(14)10-15(2)8-3-4-9-15/h5-7H,3-4,8-10,16H2,1-2H3. The van der Waals surface area contributed by atoms with Gasteiger partial charge in [0.05, 0.1) is 6.54 Å². The van der Waals surface area contributed by atoms with Crippen molar-refractivity contribution < 1.29 is 0 Å². The first-order chi connectivity index (χ1) is 9.59. The number of nitrogens with zero attached hydrogens (tertiary/aromatic N) is 4. The van der Waals surface area contributed by atoms with Crippen molar-refractivity contribution in [3.05, 3.63) is 23.8 Å². The molecule has 1 fully saturated rings. The summed E-state index contributed by atoms with van der Waals surface area (Å²) in [6.07, 6.45) is 5.10. The molecule has 1 aromatic carbocycles. The second-order valence-corrected chi connectivity index (χ2v) is 6.22. The Hall–Kier alpha value is -1.91. The van der Waals surface area contributed by atoms with Crippen LogP contribution in [0.15, 0.2) is 18.2 Å². The van der Waals surface area contributed by atoms with E-state index >= 15 is 0 Å². The SMILES string of the molecule is Cc1cccc(N)c1-c1nnnn1CC1(C)CCCC1. The van der Waals surface area contributed by atoms with Gasteiger partial charge in [0.1, 0.15) is 0 Å². The molecule has 1 aliphatic rings. The molecule has 5 heteroatoms. The van der Waals surface area contributed by atoms with Crippen LogP contribution in [0.5, 0.6) is 0 Å². The highest BCUT2D eigenvalue weighted by molar-refractivity contribution is 5.74. The highest BCUT2D eigenvalue weighted by Gasteiger charge is 2.31. The van der Waals surface area contributed by atoms with Crippen molar-refractivity contribution in [1.29, 1.82) is 0 Å². The van der Waals surface area contributed by atoms with Crippen LogP contribution in [0.3, 0.4) is 0 Å². The second kappa shape index (κ2) is 4.89. The molecular formula is C15H21N5. The highest BCUT2D eigenvalue weighted by atomic mass is 15.5. The molecule has 0 radical (unpaired) electrons. The van der Waals surface area contributed by atoms with Crippen molar-refractivity contribution in [3.63, 3.8) is 0 Å². The van der Waals surface area contributed by atoms with Crippen molar-refractivity contribution in [2.24, 2.45) is 5.41 Å². The summed E-state index contributed by atoms with van der Waals surface area (Å²) in [7, 11) is 0. The minimum Gasteiger partial charge on any atom is -0.398 e. The molecule has 1 saturated carbocycles. The van der Waals surface area contributed by atoms with E-state index in [0.717, 1.165) is 29.2 Å². The number of hydrogen-bond donors (Lipinski definition) is 1. The molecule has 1 aromatic heterocycles. The van der Waals surface area contributed by atoms with Crippen LogP contribution in [0.25, 0.3) is 11.4 Å². The summed E-state index contributed by atoms with van der Waals surface area (Å²) in [6.45, 7) is 5.23. The normalized spacial score (nSPS) is 17.5. The predicted octanol–water partition coefficient (Wildman–Crippen LogP) is 2.81. The Labute approximate surface area is 119 Å². The Bertz CT molecular complexity index is 590. The van der Waals surface area contributed by atoms with E-state index in [1.807, 2.05) is 29.8 Å². The fourth-order valence-corrected chi connectivity index (χ4v) is 3.23. The maximum absolute atomic E-state index is 6.11. The van der Waals surface area contributed by atoms with Gasteiger partial charge in [0, 0.05) is 11.3 Å². The lowest BCUT2D eigenvalue weighted by Crippen LogP contribution is -2.21. The number of aryl methyl sites for hydroxylation is 1. The quantitative estimate of drug-likeness (QED) is 0.871. The van der Waals surface area contributed by atoms with Crippen LogP contribution in [0.2, 0.25) is 0 Å². The Balaban J connectivity index is 1.98. The van der Waals surface area contributed by atoms with E-state index in [1.54, 1.807) is 0 Å². The summed E-state index contributed by atoms with van der Waals surface area (Å²) < 4.78 is 1.92. The zero-order valence-corrected chi connectivity index (χ0v) is 12.1. The molecule has 0 amide bonds. The lowest BCUT2D eigenvalue weighted by molar-refractivity contribution is 0.267. The van der Waals surface area contributed by atoms with Crippen LogP contribution >= 0.6 is 0 Å². The molecule has 0 spiro atoms. The lowest BCUT2D eigenvalue weighted by Gasteiger charge is -2.23. The summed E-state index contributed by atoms with van der Waals surface area (Å²) >= 11 is 0. The number of aromatic nitrogens is 4. The van der Waals surface area contributed by atoms with Gasteiger partial charge in [-0.25, -0.2) is 4.68 Å². The first-order valence-electron chi connectivity index (χ1n) is 7.21. The van der Waals surface area contributed by atoms with Gasteiger partial charge in [-0.05, 0) is 47.2 Å². The van der Waals surface area contributed by atoms with Gasteiger partial charge >= 0.3 is 0 Å². The minimum atomic E-state index is 0.307. The van der Waals surface area contributed by atoms with Gasteiger partial charge in [-0.1, -0.05) is 31.9 Å². The summed E-state index contributed by atoms with van der Waals surface area (Å²) in [5.74, 6) is 0.786. The molecule has 3 rings (SSSR count). The van der Waals surface area contributed by atoms with E-state index in [4.69, 9.17) is 5.73 Å². The summed E-state index contributed by atoms with van der Waals surface area (Å²) in [5, 5.41) is 12.2. The van der Waals surface area contributed by atoms with E-state index in [-0.39, 0.29) is 0 Å². The van der Waals surface area contributed by atoms with Crippen molar-refractivity contribution in [2.45, 2.75) is 46.1 Å². The smallest absolute Gasteiger partial charge is 0.184 e. The largest absolute Gasteiger partial charge is 0.398 e. The van der Waals surface area contributed by atoms with Crippen molar-refractivity contribution in [1.82, 2.24) is 20.2 Å². The first kappa shape index (κ1) is 13.1. The third-order valence-corrected chi connectivity index (χ3v) is 4.40. The fourth-order valence-electron chi connectivity index (χ4n) is 3.23. The zero-order chi connectivity index (χ0) is 14.2. The van der Waals surface area contributed by atoms with Gasteiger partial charge in [-0.15, -0.1) is 5.10 Å². The summed E-state index contributed by atoms with van der Waals surface area (Å²) in [6, 6.07) is 5.90. The molecule has 5 nitrogen and oxygen atoms in total.